The Balaban J connectivity index is 1.51. The van der Waals surface area contributed by atoms with Gasteiger partial charge in [-0.1, -0.05) is 30.3 Å². The minimum Gasteiger partial charge on any atom is -0.497 e. The minimum atomic E-state index is 0.0529. The van der Waals surface area contributed by atoms with E-state index in [2.05, 4.69) is 5.32 Å². The fraction of sp³-hybridized carbons (Fsp3) is 0.381. The van der Waals surface area contributed by atoms with E-state index in [4.69, 9.17) is 9.47 Å². The van der Waals surface area contributed by atoms with Gasteiger partial charge in [-0.15, -0.1) is 0 Å². The lowest BCUT2D eigenvalue weighted by molar-refractivity contribution is -0.122. The first-order chi connectivity index (χ1) is 12.2. The van der Waals surface area contributed by atoms with E-state index in [9.17, 15) is 4.79 Å². The predicted octanol–water partition coefficient (Wildman–Crippen LogP) is 3.97. The third-order valence-electron chi connectivity index (χ3n) is 4.63. The summed E-state index contributed by atoms with van der Waals surface area (Å²) in [4.78, 5) is 12.3. The number of carbonyl (C=O) groups is 1. The Hall–Kier alpha value is -2.49. The molecule has 1 atom stereocenters. The Morgan fingerprint density at radius 3 is 2.80 bits per heavy atom. The van der Waals surface area contributed by atoms with Crippen LogP contribution in [0.15, 0.2) is 42.5 Å². The average Bonchev–Trinajstić information content (AvgIpc) is 2.63. The van der Waals surface area contributed by atoms with Gasteiger partial charge in [0.1, 0.15) is 11.5 Å². The molecule has 1 N–H and O–H groups in total. The number of aryl methyl sites for hydroxylation is 2. The van der Waals surface area contributed by atoms with Crippen molar-refractivity contribution in [3.63, 3.8) is 0 Å². The van der Waals surface area contributed by atoms with Crippen LogP contribution in [0.3, 0.4) is 0 Å². The quantitative estimate of drug-likeness (QED) is 0.866. The Labute approximate surface area is 149 Å². The van der Waals surface area contributed by atoms with Gasteiger partial charge in [0, 0.05) is 18.4 Å². The van der Waals surface area contributed by atoms with Crippen LogP contribution in [0.4, 0.5) is 0 Å². The van der Waals surface area contributed by atoms with Gasteiger partial charge < -0.3 is 14.8 Å². The van der Waals surface area contributed by atoms with Gasteiger partial charge in [0.2, 0.25) is 5.91 Å². The molecule has 0 saturated carbocycles. The molecular weight excluding hydrogens is 314 g/mol. The summed E-state index contributed by atoms with van der Waals surface area (Å²) in [5.41, 5.74) is 3.44. The first-order valence-electron chi connectivity index (χ1n) is 8.82. The summed E-state index contributed by atoms with van der Waals surface area (Å²) >= 11 is 0. The number of hydrogen-bond donors (Lipinski definition) is 1. The highest BCUT2D eigenvalue weighted by Crippen LogP contribution is 2.34. The molecule has 0 aromatic heterocycles. The van der Waals surface area contributed by atoms with E-state index in [0.717, 1.165) is 41.9 Å². The molecule has 2 aromatic carbocycles. The van der Waals surface area contributed by atoms with Crippen molar-refractivity contribution in [2.75, 3.05) is 13.7 Å². The topological polar surface area (TPSA) is 47.6 Å². The van der Waals surface area contributed by atoms with E-state index in [1.807, 2.05) is 49.4 Å². The normalized spacial score (nSPS) is 15.8. The third-order valence-corrected chi connectivity index (χ3v) is 4.63. The lowest BCUT2D eigenvalue weighted by Gasteiger charge is -2.27. The molecular formula is C21H25NO3. The molecule has 0 saturated heterocycles. The van der Waals surface area contributed by atoms with Crippen molar-refractivity contribution in [2.45, 2.75) is 38.6 Å². The standard InChI is InChI=1S/C21H25NO3/c1-15-5-3-7-18-19(13-14-25-21(15)18)22-20(23)8-4-6-16-9-11-17(24-2)12-10-16/h3,5,7,9-12,19H,4,6,8,13-14H2,1-2H3,(H,22,23)/t19-/m0/s1. The Morgan fingerprint density at radius 2 is 2.04 bits per heavy atom. The number of carbonyl (C=O) groups excluding carboxylic acids is 1. The van der Waals surface area contributed by atoms with E-state index in [1.54, 1.807) is 7.11 Å². The van der Waals surface area contributed by atoms with Crippen LogP contribution < -0.4 is 14.8 Å². The number of para-hydroxylation sites is 1. The molecule has 1 aliphatic rings. The van der Waals surface area contributed by atoms with Crippen molar-refractivity contribution in [2.24, 2.45) is 0 Å². The van der Waals surface area contributed by atoms with E-state index in [0.29, 0.717) is 13.0 Å². The molecule has 4 heteroatoms. The number of methoxy groups -OCH3 is 1. The maximum absolute atomic E-state index is 12.3. The van der Waals surface area contributed by atoms with Crippen LogP contribution >= 0.6 is 0 Å². The summed E-state index contributed by atoms with van der Waals surface area (Å²) in [6.45, 7) is 2.69. The summed E-state index contributed by atoms with van der Waals surface area (Å²) in [5, 5.41) is 3.17. The monoisotopic (exact) mass is 339 g/mol. The Kier molecular flexibility index (Phi) is 5.59. The number of ether oxygens (including phenoxy) is 2. The van der Waals surface area contributed by atoms with E-state index in [1.165, 1.54) is 5.56 Å². The molecule has 0 bridgehead atoms. The molecule has 0 spiro atoms. The van der Waals surface area contributed by atoms with Crippen LogP contribution in [-0.2, 0) is 11.2 Å². The lowest BCUT2D eigenvalue weighted by atomic mass is 9.97. The number of nitrogens with one attached hydrogen (secondary N) is 1. The minimum absolute atomic E-state index is 0.0529. The molecule has 2 aromatic rings. The SMILES string of the molecule is COc1ccc(CCCC(=O)N[C@H]2CCOc3c(C)cccc32)cc1. The van der Waals surface area contributed by atoms with Gasteiger partial charge in [0.25, 0.3) is 0 Å². The predicted molar refractivity (Wildman–Crippen MR) is 98.1 cm³/mol. The summed E-state index contributed by atoms with van der Waals surface area (Å²) in [6, 6.07) is 14.2. The first-order valence-corrected chi connectivity index (χ1v) is 8.82. The molecule has 1 heterocycles. The summed E-state index contributed by atoms with van der Waals surface area (Å²) in [5.74, 6) is 1.89. The second-order valence-electron chi connectivity index (χ2n) is 6.45. The zero-order chi connectivity index (χ0) is 17.6. The van der Waals surface area contributed by atoms with Gasteiger partial charge in [-0.2, -0.15) is 0 Å². The fourth-order valence-electron chi connectivity index (χ4n) is 3.24. The van der Waals surface area contributed by atoms with Crippen LogP contribution in [0.25, 0.3) is 0 Å². The number of hydrogen-bond acceptors (Lipinski definition) is 3. The second kappa shape index (κ2) is 8.06. The molecule has 1 aliphatic heterocycles. The molecule has 3 rings (SSSR count). The number of fused-ring (bicyclic) bond motifs is 1. The zero-order valence-corrected chi connectivity index (χ0v) is 14.9. The van der Waals surface area contributed by atoms with Gasteiger partial charge in [-0.25, -0.2) is 0 Å². The van der Waals surface area contributed by atoms with E-state index < -0.39 is 0 Å². The number of benzene rings is 2. The largest absolute Gasteiger partial charge is 0.497 e. The molecule has 0 fully saturated rings. The first kappa shape index (κ1) is 17.3. The maximum atomic E-state index is 12.3. The fourth-order valence-corrected chi connectivity index (χ4v) is 3.24. The van der Waals surface area contributed by atoms with Gasteiger partial charge in [0.15, 0.2) is 0 Å². The highest BCUT2D eigenvalue weighted by atomic mass is 16.5. The number of amides is 1. The third kappa shape index (κ3) is 4.32. The van der Waals surface area contributed by atoms with E-state index in [-0.39, 0.29) is 11.9 Å². The van der Waals surface area contributed by atoms with Gasteiger partial charge in [-0.05, 0) is 43.0 Å². The highest BCUT2D eigenvalue weighted by Gasteiger charge is 2.23. The molecule has 0 aliphatic carbocycles. The van der Waals surface area contributed by atoms with Crippen LogP contribution in [-0.4, -0.2) is 19.6 Å². The summed E-state index contributed by atoms with van der Waals surface area (Å²) in [7, 11) is 1.66. The maximum Gasteiger partial charge on any atom is 0.220 e. The second-order valence-corrected chi connectivity index (χ2v) is 6.45. The van der Waals surface area contributed by atoms with Gasteiger partial charge in [0.05, 0.1) is 19.8 Å². The zero-order valence-electron chi connectivity index (χ0n) is 14.9. The van der Waals surface area contributed by atoms with Crippen molar-refractivity contribution in [3.05, 3.63) is 59.2 Å². The van der Waals surface area contributed by atoms with Crippen molar-refractivity contribution >= 4 is 5.91 Å². The van der Waals surface area contributed by atoms with Crippen LogP contribution in [0.5, 0.6) is 11.5 Å². The smallest absolute Gasteiger partial charge is 0.220 e. The lowest BCUT2D eigenvalue weighted by Crippen LogP contribution is -2.32. The average molecular weight is 339 g/mol. The van der Waals surface area contributed by atoms with Crippen LogP contribution in [0.1, 0.15) is 42.0 Å². The van der Waals surface area contributed by atoms with Crippen LogP contribution in [0.2, 0.25) is 0 Å². The van der Waals surface area contributed by atoms with Crippen molar-refractivity contribution < 1.29 is 14.3 Å². The van der Waals surface area contributed by atoms with Crippen molar-refractivity contribution in [1.29, 1.82) is 0 Å². The molecule has 0 unspecified atom stereocenters. The summed E-state index contributed by atoms with van der Waals surface area (Å²) in [6.07, 6.45) is 3.08. The van der Waals surface area contributed by atoms with E-state index >= 15 is 0 Å². The molecule has 132 valence electrons. The Morgan fingerprint density at radius 1 is 1.24 bits per heavy atom. The molecule has 1 amide bonds. The Bertz CT molecular complexity index is 724. The highest BCUT2D eigenvalue weighted by molar-refractivity contribution is 5.76. The summed E-state index contributed by atoms with van der Waals surface area (Å²) < 4.78 is 10.9. The molecule has 0 radical (unpaired) electrons. The van der Waals surface area contributed by atoms with Crippen molar-refractivity contribution in [3.8, 4) is 11.5 Å². The number of rotatable bonds is 6. The molecule has 25 heavy (non-hydrogen) atoms. The molecule has 4 nitrogen and oxygen atoms in total. The van der Waals surface area contributed by atoms with Gasteiger partial charge >= 0.3 is 0 Å². The van der Waals surface area contributed by atoms with Crippen molar-refractivity contribution in [1.82, 2.24) is 5.32 Å². The van der Waals surface area contributed by atoms with Crippen LogP contribution in [0, 0.1) is 6.92 Å². The van der Waals surface area contributed by atoms with Gasteiger partial charge in [-0.3, -0.25) is 4.79 Å².